The zero-order valence-corrected chi connectivity index (χ0v) is 14.2. The molecule has 0 saturated heterocycles. The molecule has 0 amide bonds. The number of rotatable bonds is 1. The molecule has 2 aromatic rings. The third kappa shape index (κ3) is 2.85. The summed E-state index contributed by atoms with van der Waals surface area (Å²) in [5, 5.41) is 1.28. The summed E-state index contributed by atoms with van der Waals surface area (Å²) < 4.78 is 0. The maximum absolute atomic E-state index is 6.29. The van der Waals surface area contributed by atoms with E-state index in [1.54, 1.807) is 0 Å². The van der Waals surface area contributed by atoms with Crippen molar-refractivity contribution in [2.75, 3.05) is 0 Å². The van der Waals surface area contributed by atoms with Crippen LogP contribution in [0.4, 0.5) is 0 Å². The molecular formula is C16H20Cl2N2S. The number of fused-ring (bicyclic) bond motifs is 3. The van der Waals surface area contributed by atoms with E-state index < -0.39 is 0 Å². The van der Waals surface area contributed by atoms with Crippen molar-refractivity contribution in [3.63, 3.8) is 0 Å². The Kier molecular flexibility index (Phi) is 5.31. The number of hydrogen-bond acceptors (Lipinski definition) is 3. The van der Waals surface area contributed by atoms with Crippen molar-refractivity contribution in [2.45, 2.75) is 44.1 Å². The number of halogens is 2. The second-order valence-electron chi connectivity index (χ2n) is 5.71. The van der Waals surface area contributed by atoms with Crippen LogP contribution in [0, 0.1) is 0 Å². The normalized spacial score (nSPS) is 22.7. The fourth-order valence-corrected chi connectivity index (χ4v) is 4.72. The van der Waals surface area contributed by atoms with Crippen LogP contribution in [0.3, 0.4) is 0 Å². The molecule has 2 aliphatic rings. The van der Waals surface area contributed by atoms with E-state index in [2.05, 4.69) is 24.3 Å². The molecular weight excluding hydrogens is 323 g/mol. The maximum atomic E-state index is 6.29. The van der Waals surface area contributed by atoms with Crippen LogP contribution in [0.5, 0.6) is 0 Å². The summed E-state index contributed by atoms with van der Waals surface area (Å²) in [5.41, 5.74) is 10.3. The Labute approximate surface area is 142 Å². The lowest BCUT2D eigenvalue weighted by Gasteiger charge is -2.26. The predicted molar refractivity (Wildman–Crippen MR) is 94.0 cm³/mol. The van der Waals surface area contributed by atoms with Crippen LogP contribution >= 0.6 is 36.2 Å². The highest BCUT2D eigenvalue weighted by atomic mass is 35.5. The number of nitrogens with two attached hydrogens (primary N) is 1. The van der Waals surface area contributed by atoms with Gasteiger partial charge in [-0.3, -0.25) is 0 Å². The summed E-state index contributed by atoms with van der Waals surface area (Å²) in [6, 6.07) is 8.96. The van der Waals surface area contributed by atoms with Gasteiger partial charge in [0.05, 0.1) is 10.7 Å². The molecule has 2 unspecified atom stereocenters. The highest BCUT2D eigenvalue weighted by Gasteiger charge is 2.30. The van der Waals surface area contributed by atoms with Crippen molar-refractivity contribution in [2.24, 2.45) is 5.73 Å². The van der Waals surface area contributed by atoms with Crippen molar-refractivity contribution < 1.29 is 0 Å². The Morgan fingerprint density at radius 1 is 1.10 bits per heavy atom. The molecule has 0 bridgehead atoms. The third-order valence-electron chi connectivity index (χ3n) is 4.47. The van der Waals surface area contributed by atoms with E-state index in [1.807, 2.05) is 11.3 Å². The van der Waals surface area contributed by atoms with Gasteiger partial charge >= 0.3 is 0 Å². The van der Waals surface area contributed by atoms with Crippen LogP contribution in [-0.4, -0.2) is 11.0 Å². The average molecular weight is 343 g/mol. The molecule has 4 rings (SSSR count). The summed E-state index contributed by atoms with van der Waals surface area (Å²) in [5.74, 6) is 0.497. The van der Waals surface area contributed by atoms with Crippen molar-refractivity contribution in [1.82, 2.24) is 4.98 Å². The van der Waals surface area contributed by atoms with E-state index in [0.717, 1.165) is 12.8 Å². The predicted octanol–water partition coefficient (Wildman–Crippen LogP) is 4.54. The zero-order valence-electron chi connectivity index (χ0n) is 11.7. The lowest BCUT2D eigenvalue weighted by molar-refractivity contribution is 0.384. The smallest absolute Gasteiger partial charge is 0.0981 e. The van der Waals surface area contributed by atoms with Crippen LogP contribution in [0.15, 0.2) is 24.3 Å². The van der Waals surface area contributed by atoms with Crippen molar-refractivity contribution in [3.05, 3.63) is 39.7 Å². The monoisotopic (exact) mass is 342 g/mol. The van der Waals surface area contributed by atoms with E-state index in [9.17, 15) is 0 Å². The standard InChI is InChI=1S/C16H18N2S.2ClH/c17-13-8-4-3-7-12(13)16-18-15-11-6-2-1-5-10(11)9-14(15)19-16;;/h1-2,5-6,12-13H,3-4,7-9,17H2;2*1H. The van der Waals surface area contributed by atoms with Gasteiger partial charge in [-0.1, -0.05) is 37.1 Å². The van der Waals surface area contributed by atoms with Gasteiger partial charge in [-0.15, -0.1) is 36.2 Å². The van der Waals surface area contributed by atoms with Gasteiger partial charge in [-0.25, -0.2) is 4.98 Å². The Balaban J connectivity index is 0.000000807. The summed E-state index contributed by atoms with van der Waals surface area (Å²) in [6.45, 7) is 0. The van der Waals surface area contributed by atoms with Gasteiger partial charge < -0.3 is 5.73 Å². The number of thiazole rings is 1. The highest BCUT2D eigenvalue weighted by Crippen LogP contribution is 2.43. The van der Waals surface area contributed by atoms with Gasteiger partial charge in [-0.05, 0) is 18.4 Å². The third-order valence-corrected chi connectivity index (χ3v) is 5.66. The summed E-state index contributed by atoms with van der Waals surface area (Å²) >= 11 is 1.90. The second kappa shape index (κ2) is 6.66. The topological polar surface area (TPSA) is 38.9 Å². The molecule has 114 valence electrons. The van der Waals surface area contributed by atoms with Gasteiger partial charge in [0.15, 0.2) is 0 Å². The second-order valence-corrected chi connectivity index (χ2v) is 6.83. The lowest BCUT2D eigenvalue weighted by Crippen LogP contribution is -2.31. The Hall–Kier alpha value is -0.610. The minimum absolute atomic E-state index is 0. The van der Waals surface area contributed by atoms with Crippen molar-refractivity contribution >= 4 is 36.2 Å². The fourth-order valence-electron chi connectivity index (χ4n) is 3.40. The molecule has 1 aromatic heterocycles. The fraction of sp³-hybridized carbons (Fsp3) is 0.438. The minimum atomic E-state index is 0. The van der Waals surface area contributed by atoms with Crippen molar-refractivity contribution in [1.29, 1.82) is 0 Å². The highest BCUT2D eigenvalue weighted by molar-refractivity contribution is 7.12. The quantitative estimate of drug-likeness (QED) is 0.704. The molecule has 2 aliphatic carbocycles. The van der Waals surface area contributed by atoms with E-state index >= 15 is 0 Å². The lowest BCUT2D eigenvalue weighted by atomic mass is 9.85. The minimum Gasteiger partial charge on any atom is -0.327 e. The van der Waals surface area contributed by atoms with Gasteiger partial charge in [-0.2, -0.15) is 0 Å². The van der Waals surface area contributed by atoms with E-state index in [0.29, 0.717) is 12.0 Å². The number of nitrogens with zero attached hydrogens (tertiary/aromatic N) is 1. The van der Waals surface area contributed by atoms with Crippen LogP contribution < -0.4 is 5.73 Å². The van der Waals surface area contributed by atoms with Crippen molar-refractivity contribution in [3.8, 4) is 11.3 Å². The van der Waals surface area contributed by atoms with E-state index in [4.69, 9.17) is 10.7 Å². The van der Waals surface area contributed by atoms with Gasteiger partial charge in [0.25, 0.3) is 0 Å². The van der Waals surface area contributed by atoms with Gasteiger partial charge in [0, 0.05) is 28.8 Å². The molecule has 1 aromatic carbocycles. The zero-order chi connectivity index (χ0) is 12.8. The van der Waals surface area contributed by atoms with E-state index in [-0.39, 0.29) is 24.8 Å². The van der Waals surface area contributed by atoms with Crippen LogP contribution in [0.2, 0.25) is 0 Å². The molecule has 0 aliphatic heterocycles. The molecule has 1 heterocycles. The van der Waals surface area contributed by atoms with Gasteiger partial charge in [0.2, 0.25) is 0 Å². The van der Waals surface area contributed by atoms with Crippen LogP contribution in [-0.2, 0) is 6.42 Å². The molecule has 1 fully saturated rings. The SMILES string of the molecule is Cl.Cl.NC1CCCCC1c1nc2c(s1)Cc1ccccc1-2. The molecule has 5 heteroatoms. The molecule has 2 N–H and O–H groups in total. The Morgan fingerprint density at radius 2 is 1.86 bits per heavy atom. The summed E-state index contributed by atoms with van der Waals surface area (Å²) in [7, 11) is 0. The average Bonchev–Trinajstić information content (AvgIpc) is 2.96. The number of benzene rings is 1. The van der Waals surface area contributed by atoms with E-state index in [1.165, 1.54) is 46.0 Å². The molecule has 0 spiro atoms. The molecule has 2 atom stereocenters. The molecule has 2 nitrogen and oxygen atoms in total. The maximum Gasteiger partial charge on any atom is 0.0981 e. The summed E-state index contributed by atoms with van der Waals surface area (Å²) in [6.07, 6.45) is 6.02. The number of aromatic nitrogens is 1. The summed E-state index contributed by atoms with van der Waals surface area (Å²) in [4.78, 5) is 6.38. The Bertz CT molecular complexity index is 626. The van der Waals surface area contributed by atoms with Crippen LogP contribution in [0.1, 0.15) is 47.0 Å². The first-order valence-electron chi connectivity index (χ1n) is 7.16. The molecule has 21 heavy (non-hydrogen) atoms. The largest absolute Gasteiger partial charge is 0.327 e. The Morgan fingerprint density at radius 3 is 2.67 bits per heavy atom. The number of hydrogen-bond donors (Lipinski definition) is 1. The van der Waals surface area contributed by atoms with Gasteiger partial charge in [0.1, 0.15) is 0 Å². The molecule has 0 radical (unpaired) electrons. The van der Waals surface area contributed by atoms with Crippen LogP contribution in [0.25, 0.3) is 11.3 Å². The first-order valence-corrected chi connectivity index (χ1v) is 7.98. The first kappa shape index (κ1) is 16.8. The molecule has 1 saturated carbocycles. The first-order chi connectivity index (χ1) is 9.33.